The highest BCUT2D eigenvalue weighted by Gasteiger charge is 2.01. The van der Waals surface area contributed by atoms with Gasteiger partial charge >= 0.3 is 0 Å². The van der Waals surface area contributed by atoms with Crippen LogP contribution in [0.1, 0.15) is 5.56 Å². The van der Waals surface area contributed by atoms with Crippen LogP contribution in [0, 0.1) is 0 Å². The number of fused-ring (bicyclic) bond motifs is 1. The Labute approximate surface area is 66.6 Å². The first-order valence-corrected chi connectivity index (χ1v) is 4.72. The van der Waals surface area contributed by atoms with Gasteiger partial charge in [-0.3, -0.25) is 0 Å². The Morgan fingerprint density at radius 3 is 3.10 bits per heavy atom. The Morgan fingerprint density at radius 2 is 2.30 bits per heavy atom. The Kier molecular flexibility index (Phi) is 1.48. The van der Waals surface area contributed by atoms with Crippen LogP contribution in [0.4, 0.5) is 0 Å². The first-order chi connectivity index (χ1) is 4.92. The standard InChI is InChI=1S/C7H6OS2/c8-3-5-4-10-7-6(5)1-2-9-7/h1-2,4,8H,3H2. The van der Waals surface area contributed by atoms with Gasteiger partial charge < -0.3 is 5.11 Å². The molecule has 0 fully saturated rings. The highest BCUT2D eigenvalue weighted by Crippen LogP contribution is 2.30. The van der Waals surface area contributed by atoms with Gasteiger partial charge in [-0.1, -0.05) is 0 Å². The van der Waals surface area contributed by atoms with Crippen molar-refractivity contribution in [2.24, 2.45) is 0 Å². The lowest BCUT2D eigenvalue weighted by atomic mass is 10.3. The summed E-state index contributed by atoms with van der Waals surface area (Å²) in [6.07, 6.45) is 0. The van der Waals surface area contributed by atoms with E-state index in [1.807, 2.05) is 5.38 Å². The molecule has 0 saturated heterocycles. The fourth-order valence-electron chi connectivity index (χ4n) is 0.935. The van der Waals surface area contributed by atoms with E-state index in [0.717, 1.165) is 5.56 Å². The van der Waals surface area contributed by atoms with E-state index in [2.05, 4.69) is 11.4 Å². The lowest BCUT2D eigenvalue weighted by Gasteiger charge is -1.84. The fraction of sp³-hybridized carbons (Fsp3) is 0.143. The third-order valence-electron chi connectivity index (χ3n) is 1.45. The third kappa shape index (κ3) is 0.785. The maximum Gasteiger partial charge on any atom is 0.0868 e. The van der Waals surface area contributed by atoms with Gasteiger partial charge in [0.25, 0.3) is 0 Å². The van der Waals surface area contributed by atoms with Crippen LogP contribution in [0.3, 0.4) is 0 Å². The second kappa shape index (κ2) is 2.34. The molecule has 0 bridgehead atoms. The molecule has 2 heterocycles. The lowest BCUT2D eigenvalue weighted by molar-refractivity contribution is 0.284. The summed E-state index contributed by atoms with van der Waals surface area (Å²) < 4.78 is 1.31. The van der Waals surface area contributed by atoms with E-state index in [-0.39, 0.29) is 6.61 Å². The fourth-order valence-corrected chi connectivity index (χ4v) is 2.90. The average molecular weight is 170 g/mol. The molecule has 0 spiro atoms. The second-order valence-electron chi connectivity index (χ2n) is 2.04. The van der Waals surface area contributed by atoms with Gasteiger partial charge in [0.15, 0.2) is 0 Å². The zero-order valence-electron chi connectivity index (χ0n) is 5.20. The molecule has 2 aromatic rings. The van der Waals surface area contributed by atoms with Gasteiger partial charge in [-0.25, -0.2) is 0 Å². The monoisotopic (exact) mass is 170 g/mol. The number of aliphatic hydroxyl groups is 1. The molecule has 0 aliphatic rings. The maximum atomic E-state index is 8.85. The van der Waals surface area contributed by atoms with Crippen LogP contribution in [-0.2, 0) is 6.61 Å². The zero-order chi connectivity index (χ0) is 6.97. The molecule has 2 rings (SSSR count). The maximum absolute atomic E-state index is 8.85. The topological polar surface area (TPSA) is 20.2 Å². The number of hydrogen-bond acceptors (Lipinski definition) is 3. The smallest absolute Gasteiger partial charge is 0.0868 e. The first kappa shape index (κ1) is 6.34. The van der Waals surface area contributed by atoms with Crippen LogP contribution in [0.25, 0.3) is 9.40 Å². The molecule has 0 radical (unpaired) electrons. The number of aliphatic hydroxyl groups excluding tert-OH is 1. The Hall–Kier alpha value is -0.380. The van der Waals surface area contributed by atoms with Crippen molar-refractivity contribution in [2.75, 3.05) is 0 Å². The van der Waals surface area contributed by atoms with Crippen LogP contribution in [0.5, 0.6) is 0 Å². The minimum atomic E-state index is 0.163. The van der Waals surface area contributed by atoms with Gasteiger partial charge in [-0.05, 0) is 22.4 Å². The van der Waals surface area contributed by atoms with E-state index in [0.29, 0.717) is 0 Å². The van der Waals surface area contributed by atoms with Crippen molar-refractivity contribution in [1.82, 2.24) is 0 Å². The second-order valence-corrected chi connectivity index (χ2v) is 4.09. The predicted molar refractivity (Wildman–Crippen MR) is 45.6 cm³/mol. The summed E-state index contributed by atoms with van der Waals surface area (Å²) in [7, 11) is 0. The Morgan fingerprint density at radius 1 is 1.40 bits per heavy atom. The van der Waals surface area contributed by atoms with E-state index < -0.39 is 0 Å². The van der Waals surface area contributed by atoms with Gasteiger partial charge in [-0.2, -0.15) is 0 Å². The molecule has 0 aliphatic carbocycles. The number of thiophene rings is 2. The van der Waals surface area contributed by atoms with Crippen molar-refractivity contribution in [3.8, 4) is 0 Å². The molecule has 0 amide bonds. The van der Waals surface area contributed by atoms with Crippen molar-refractivity contribution < 1.29 is 5.11 Å². The molecule has 2 aromatic heterocycles. The van der Waals surface area contributed by atoms with E-state index in [1.165, 1.54) is 9.40 Å². The highest BCUT2D eigenvalue weighted by atomic mass is 32.2. The van der Waals surface area contributed by atoms with E-state index in [4.69, 9.17) is 5.11 Å². The minimum absolute atomic E-state index is 0.163. The summed E-state index contributed by atoms with van der Waals surface area (Å²) in [5, 5.41) is 14.1. The normalized spacial score (nSPS) is 10.9. The van der Waals surface area contributed by atoms with Gasteiger partial charge in [-0.15, -0.1) is 22.7 Å². The average Bonchev–Trinajstić information content (AvgIpc) is 2.44. The van der Waals surface area contributed by atoms with Crippen LogP contribution in [-0.4, -0.2) is 5.11 Å². The zero-order valence-corrected chi connectivity index (χ0v) is 6.84. The van der Waals surface area contributed by atoms with Gasteiger partial charge in [0.2, 0.25) is 0 Å². The quantitative estimate of drug-likeness (QED) is 0.697. The summed E-state index contributed by atoms with van der Waals surface area (Å²) in [6.45, 7) is 0.163. The molecule has 0 aliphatic heterocycles. The molecule has 1 nitrogen and oxygen atoms in total. The van der Waals surface area contributed by atoms with Crippen molar-refractivity contribution in [3.05, 3.63) is 22.4 Å². The number of rotatable bonds is 1. The SMILES string of the molecule is OCc1csc2sccc12. The van der Waals surface area contributed by atoms with E-state index >= 15 is 0 Å². The molecule has 52 valence electrons. The summed E-state index contributed by atoms with van der Waals surface area (Å²) >= 11 is 3.43. The Balaban J connectivity index is 2.76. The molecule has 3 heteroatoms. The van der Waals surface area contributed by atoms with E-state index in [1.54, 1.807) is 22.7 Å². The van der Waals surface area contributed by atoms with Crippen LogP contribution in [0.15, 0.2) is 16.8 Å². The molecule has 0 atom stereocenters. The molecule has 0 unspecified atom stereocenters. The molecule has 0 aromatic carbocycles. The van der Waals surface area contributed by atoms with Crippen molar-refractivity contribution in [1.29, 1.82) is 0 Å². The molecular formula is C7H6OS2. The minimum Gasteiger partial charge on any atom is -0.392 e. The van der Waals surface area contributed by atoms with Gasteiger partial charge in [0.1, 0.15) is 0 Å². The summed E-state index contributed by atoms with van der Waals surface area (Å²) in [5.74, 6) is 0. The first-order valence-electron chi connectivity index (χ1n) is 2.96. The molecule has 1 N–H and O–H groups in total. The van der Waals surface area contributed by atoms with Gasteiger partial charge in [0.05, 0.1) is 10.6 Å². The molecular weight excluding hydrogens is 164 g/mol. The predicted octanol–water partition coefficient (Wildman–Crippen LogP) is 2.46. The number of hydrogen-bond donors (Lipinski definition) is 1. The molecule has 0 saturated carbocycles. The van der Waals surface area contributed by atoms with Crippen molar-refractivity contribution in [2.45, 2.75) is 6.61 Å². The lowest BCUT2D eigenvalue weighted by Crippen LogP contribution is -1.74. The van der Waals surface area contributed by atoms with Gasteiger partial charge in [0, 0.05) is 5.39 Å². The summed E-state index contributed by atoms with van der Waals surface area (Å²) in [5.41, 5.74) is 1.06. The van der Waals surface area contributed by atoms with E-state index in [9.17, 15) is 0 Å². The van der Waals surface area contributed by atoms with Crippen LogP contribution >= 0.6 is 22.7 Å². The summed E-state index contributed by atoms with van der Waals surface area (Å²) in [4.78, 5) is 0. The molecule has 10 heavy (non-hydrogen) atoms. The van der Waals surface area contributed by atoms with Crippen LogP contribution < -0.4 is 0 Å². The largest absolute Gasteiger partial charge is 0.392 e. The summed E-state index contributed by atoms with van der Waals surface area (Å²) in [6, 6.07) is 2.06. The third-order valence-corrected chi connectivity index (χ3v) is 3.57. The van der Waals surface area contributed by atoms with Crippen molar-refractivity contribution in [3.63, 3.8) is 0 Å². The highest BCUT2D eigenvalue weighted by molar-refractivity contribution is 7.36. The Bertz CT molecular complexity index is 334. The van der Waals surface area contributed by atoms with Crippen molar-refractivity contribution >= 4 is 32.1 Å². The van der Waals surface area contributed by atoms with Crippen LogP contribution in [0.2, 0.25) is 0 Å².